The molecule has 0 bridgehead atoms. The Hall–Kier alpha value is -1.91. The summed E-state index contributed by atoms with van der Waals surface area (Å²) in [6.45, 7) is 12.5. The van der Waals surface area contributed by atoms with Gasteiger partial charge in [-0.05, 0) is 46.6 Å². The second-order valence-corrected chi connectivity index (χ2v) is 9.92. The minimum Gasteiger partial charge on any atom is -0.338 e. The molecule has 2 aliphatic heterocycles. The van der Waals surface area contributed by atoms with Crippen molar-refractivity contribution in [1.82, 2.24) is 14.8 Å². The van der Waals surface area contributed by atoms with Gasteiger partial charge in [0.15, 0.2) is 0 Å². The van der Waals surface area contributed by atoms with E-state index in [4.69, 9.17) is 0 Å². The van der Waals surface area contributed by atoms with Crippen molar-refractivity contribution < 1.29 is 9.59 Å². The summed E-state index contributed by atoms with van der Waals surface area (Å²) in [6, 6.07) is 3.42. The Balaban J connectivity index is 1.28. The molecule has 0 radical (unpaired) electrons. The molecule has 4 atom stereocenters. The van der Waals surface area contributed by atoms with Gasteiger partial charge in [0.25, 0.3) is 11.8 Å². The van der Waals surface area contributed by atoms with Crippen molar-refractivity contribution in [2.24, 2.45) is 34.5 Å². The molecule has 2 saturated carbocycles. The van der Waals surface area contributed by atoms with Crippen molar-refractivity contribution in [3.8, 4) is 0 Å². The van der Waals surface area contributed by atoms with Crippen LogP contribution in [-0.2, 0) is 0 Å². The van der Waals surface area contributed by atoms with Gasteiger partial charge in [-0.25, -0.2) is 0 Å². The Labute approximate surface area is 154 Å². The highest BCUT2D eigenvalue weighted by atomic mass is 16.2. The second-order valence-electron chi connectivity index (χ2n) is 9.92. The molecule has 5 rings (SSSR count). The summed E-state index contributed by atoms with van der Waals surface area (Å²) in [5, 5.41) is 0. The fraction of sp³-hybridized carbons (Fsp3) is 0.667. The number of rotatable bonds is 2. The zero-order valence-corrected chi connectivity index (χ0v) is 16.0. The zero-order chi connectivity index (χ0) is 18.4. The Morgan fingerprint density at radius 1 is 0.885 bits per heavy atom. The van der Waals surface area contributed by atoms with Gasteiger partial charge in [-0.15, -0.1) is 0 Å². The summed E-state index contributed by atoms with van der Waals surface area (Å²) >= 11 is 0. The van der Waals surface area contributed by atoms with Crippen LogP contribution in [-0.4, -0.2) is 52.8 Å². The first-order valence-corrected chi connectivity index (χ1v) is 9.76. The van der Waals surface area contributed by atoms with Crippen LogP contribution in [0.1, 0.15) is 48.5 Å². The van der Waals surface area contributed by atoms with Crippen LogP contribution in [0, 0.1) is 34.5 Å². The van der Waals surface area contributed by atoms with Crippen molar-refractivity contribution in [2.45, 2.75) is 27.7 Å². The van der Waals surface area contributed by atoms with Crippen LogP contribution in [0.15, 0.2) is 18.3 Å². The van der Waals surface area contributed by atoms with Crippen LogP contribution >= 0.6 is 0 Å². The topological polar surface area (TPSA) is 53.5 Å². The SMILES string of the molecule is CC1(C)C2CN(C(=O)c3ccnc(C(=O)N4CC5C(C4)C5(C)C)c3)CC21. The molecule has 26 heavy (non-hydrogen) atoms. The summed E-state index contributed by atoms with van der Waals surface area (Å²) < 4.78 is 0. The number of hydrogen-bond acceptors (Lipinski definition) is 3. The number of nitrogens with zero attached hydrogens (tertiary/aromatic N) is 3. The highest BCUT2D eigenvalue weighted by molar-refractivity contribution is 5.98. The van der Waals surface area contributed by atoms with Gasteiger partial charge in [0, 0.05) is 37.9 Å². The Bertz CT molecular complexity index is 724. The Kier molecular flexibility index (Phi) is 3.05. The molecule has 5 nitrogen and oxygen atoms in total. The highest BCUT2D eigenvalue weighted by Crippen LogP contribution is 2.62. The third kappa shape index (κ3) is 2.12. The lowest BCUT2D eigenvalue weighted by Crippen LogP contribution is -2.34. The molecule has 2 aliphatic carbocycles. The lowest BCUT2D eigenvalue weighted by atomic mass is 10.1. The predicted molar refractivity (Wildman–Crippen MR) is 97.6 cm³/mol. The molecule has 3 heterocycles. The molecule has 5 heteroatoms. The molecular weight excluding hydrogens is 326 g/mol. The fourth-order valence-electron chi connectivity index (χ4n) is 5.62. The molecule has 4 aliphatic rings. The van der Waals surface area contributed by atoms with Crippen molar-refractivity contribution in [3.05, 3.63) is 29.6 Å². The van der Waals surface area contributed by atoms with Gasteiger partial charge in [-0.1, -0.05) is 27.7 Å². The number of fused-ring (bicyclic) bond motifs is 2. The van der Waals surface area contributed by atoms with Crippen LogP contribution < -0.4 is 0 Å². The van der Waals surface area contributed by atoms with Crippen molar-refractivity contribution in [2.75, 3.05) is 26.2 Å². The fourth-order valence-corrected chi connectivity index (χ4v) is 5.62. The minimum absolute atomic E-state index is 0.0342. The van der Waals surface area contributed by atoms with Crippen molar-refractivity contribution in [3.63, 3.8) is 0 Å². The standard InChI is InChI=1S/C21H27N3O2/c1-20(2)13-8-23(9-14(13)20)18(25)12-5-6-22-17(7-12)19(26)24-10-15-16(11-24)21(15,3)4/h5-7,13-16H,8-11H2,1-4H3. The first-order valence-electron chi connectivity index (χ1n) is 9.76. The van der Waals surface area contributed by atoms with E-state index in [1.54, 1.807) is 18.3 Å². The average molecular weight is 353 g/mol. The monoisotopic (exact) mass is 353 g/mol. The molecule has 1 aromatic heterocycles. The largest absolute Gasteiger partial charge is 0.338 e. The van der Waals surface area contributed by atoms with E-state index in [1.807, 2.05) is 9.80 Å². The molecule has 0 aromatic carbocycles. The number of piperidine rings is 2. The predicted octanol–water partition coefficient (Wildman–Crippen LogP) is 2.54. The zero-order valence-electron chi connectivity index (χ0n) is 16.0. The van der Waals surface area contributed by atoms with E-state index in [-0.39, 0.29) is 11.8 Å². The number of carbonyl (C=O) groups excluding carboxylic acids is 2. The summed E-state index contributed by atoms with van der Waals surface area (Å²) in [7, 11) is 0. The second kappa shape index (κ2) is 4.87. The molecule has 2 saturated heterocycles. The average Bonchev–Trinajstić information content (AvgIpc) is 3.17. The normalized spacial score (nSPS) is 35.1. The number of pyridine rings is 1. The Morgan fingerprint density at radius 3 is 1.85 bits per heavy atom. The molecule has 1 aromatic rings. The quantitative estimate of drug-likeness (QED) is 0.821. The van der Waals surface area contributed by atoms with E-state index in [9.17, 15) is 9.59 Å². The van der Waals surface area contributed by atoms with E-state index >= 15 is 0 Å². The van der Waals surface area contributed by atoms with Gasteiger partial charge < -0.3 is 9.80 Å². The summed E-state index contributed by atoms with van der Waals surface area (Å²) in [5.41, 5.74) is 1.76. The molecular formula is C21H27N3O2. The van der Waals surface area contributed by atoms with E-state index in [0.29, 0.717) is 45.8 Å². The first kappa shape index (κ1) is 16.3. The van der Waals surface area contributed by atoms with Gasteiger partial charge in [-0.2, -0.15) is 0 Å². The van der Waals surface area contributed by atoms with Gasteiger partial charge in [0.2, 0.25) is 0 Å². The lowest BCUT2D eigenvalue weighted by Gasteiger charge is -2.23. The third-order valence-corrected chi connectivity index (χ3v) is 8.04. The van der Waals surface area contributed by atoms with Crippen LogP contribution in [0.4, 0.5) is 0 Å². The molecule has 0 spiro atoms. The summed E-state index contributed by atoms with van der Waals surface area (Å²) in [6.07, 6.45) is 1.60. The summed E-state index contributed by atoms with van der Waals surface area (Å²) in [5.74, 6) is 2.51. The number of amides is 2. The number of aromatic nitrogens is 1. The molecule has 2 amide bonds. The molecule has 0 N–H and O–H groups in total. The van der Waals surface area contributed by atoms with E-state index in [2.05, 4.69) is 32.7 Å². The highest BCUT2D eigenvalue weighted by Gasteiger charge is 2.63. The minimum atomic E-state index is -0.0342. The van der Waals surface area contributed by atoms with E-state index < -0.39 is 0 Å². The van der Waals surface area contributed by atoms with E-state index in [0.717, 1.165) is 26.2 Å². The van der Waals surface area contributed by atoms with Gasteiger partial charge in [-0.3, -0.25) is 14.6 Å². The maximum Gasteiger partial charge on any atom is 0.272 e. The van der Waals surface area contributed by atoms with Crippen molar-refractivity contribution in [1.29, 1.82) is 0 Å². The van der Waals surface area contributed by atoms with E-state index in [1.165, 1.54) is 0 Å². The number of hydrogen-bond donors (Lipinski definition) is 0. The van der Waals surface area contributed by atoms with Gasteiger partial charge >= 0.3 is 0 Å². The van der Waals surface area contributed by atoms with Crippen LogP contribution in [0.2, 0.25) is 0 Å². The smallest absolute Gasteiger partial charge is 0.272 e. The van der Waals surface area contributed by atoms with Gasteiger partial charge in [0.05, 0.1) is 0 Å². The number of carbonyl (C=O) groups is 2. The van der Waals surface area contributed by atoms with Gasteiger partial charge in [0.1, 0.15) is 5.69 Å². The lowest BCUT2D eigenvalue weighted by molar-refractivity contribution is 0.0751. The number of likely N-dealkylation sites (tertiary alicyclic amines) is 2. The maximum absolute atomic E-state index is 12.8. The third-order valence-electron chi connectivity index (χ3n) is 8.04. The maximum atomic E-state index is 12.8. The summed E-state index contributed by atoms with van der Waals surface area (Å²) in [4.78, 5) is 33.7. The molecule has 4 unspecified atom stereocenters. The van der Waals surface area contributed by atoms with Crippen molar-refractivity contribution >= 4 is 11.8 Å². The first-order chi connectivity index (χ1) is 12.2. The Morgan fingerprint density at radius 2 is 1.35 bits per heavy atom. The molecule has 138 valence electrons. The van der Waals surface area contributed by atoms with Crippen LogP contribution in [0.3, 0.4) is 0 Å². The molecule has 4 fully saturated rings. The van der Waals surface area contributed by atoms with Crippen LogP contribution in [0.5, 0.6) is 0 Å². The van der Waals surface area contributed by atoms with Crippen LogP contribution in [0.25, 0.3) is 0 Å².